The summed E-state index contributed by atoms with van der Waals surface area (Å²) >= 11 is 0. The molecule has 10 bridgehead atoms. The molecule has 10 saturated carbocycles. The van der Waals surface area contributed by atoms with Crippen LogP contribution in [0.5, 0.6) is 0 Å². The van der Waals surface area contributed by atoms with E-state index in [1.54, 1.807) is 0 Å². The summed E-state index contributed by atoms with van der Waals surface area (Å²) in [4.78, 5) is 48.3. The van der Waals surface area contributed by atoms with Gasteiger partial charge in [0.1, 0.15) is 23.4 Å². The second-order valence-electron chi connectivity index (χ2n) is 23.2. The Morgan fingerprint density at radius 2 is 1.17 bits per heavy atom. The summed E-state index contributed by atoms with van der Waals surface area (Å²) < 4.78 is 22.9. The number of aliphatic hydroxyl groups is 2. The van der Waals surface area contributed by atoms with Crippen molar-refractivity contribution in [1.82, 2.24) is 0 Å². The molecule has 376 valence electrons. The smallest absolute Gasteiger partial charge is 0.312 e. The van der Waals surface area contributed by atoms with Gasteiger partial charge in [0.05, 0.1) is 33.9 Å². The van der Waals surface area contributed by atoms with Crippen LogP contribution >= 0.6 is 0 Å². The van der Waals surface area contributed by atoms with Crippen LogP contribution in [0.1, 0.15) is 223 Å². The quantitative estimate of drug-likeness (QED) is 0.160. The molecule has 8 unspecified atom stereocenters. The van der Waals surface area contributed by atoms with E-state index in [-0.39, 0.29) is 115 Å². The van der Waals surface area contributed by atoms with Crippen molar-refractivity contribution in [3.8, 4) is 0 Å². The number of hydrogen-bond donors (Lipinski definition) is 2. The highest BCUT2D eigenvalue weighted by Crippen LogP contribution is 2.65. The lowest BCUT2D eigenvalue weighted by atomic mass is 9.46. The fourth-order valence-corrected chi connectivity index (χ4v) is 13.8. The van der Waals surface area contributed by atoms with Crippen molar-refractivity contribution < 1.29 is 48.3 Å². The number of ether oxygens (including phenoxy) is 4. The van der Waals surface area contributed by atoms with Gasteiger partial charge in [-0.3, -0.25) is 19.2 Å². The summed E-state index contributed by atoms with van der Waals surface area (Å²) in [6.45, 7) is 20.0. The Labute approximate surface area is 392 Å². The fraction of sp³-hybridized carbons (Fsp3) is 0.926. The second-order valence-corrected chi connectivity index (χ2v) is 23.2. The average Bonchev–Trinajstić information content (AvgIpc) is 3.75. The van der Waals surface area contributed by atoms with Crippen LogP contribution in [0.3, 0.4) is 0 Å². The monoisotopic (exact) mass is 909 g/mol. The number of fused-ring (bicyclic) bond motifs is 1. The van der Waals surface area contributed by atoms with Gasteiger partial charge in [0.2, 0.25) is 0 Å². The molecule has 1 saturated heterocycles. The van der Waals surface area contributed by atoms with Gasteiger partial charge in [0, 0.05) is 36.5 Å². The molecule has 1 aliphatic heterocycles. The van der Waals surface area contributed by atoms with Crippen LogP contribution in [0, 0.1) is 63.6 Å². The molecular weight excluding hydrogens is 809 g/mol. The molecule has 0 radical (unpaired) electrons. The van der Waals surface area contributed by atoms with Gasteiger partial charge in [-0.2, -0.15) is 0 Å². The van der Waals surface area contributed by atoms with Crippen molar-refractivity contribution in [2.45, 2.75) is 258 Å². The minimum atomic E-state index is -0.842. The summed E-state index contributed by atoms with van der Waals surface area (Å²) in [6, 6.07) is 0. The number of esters is 4. The molecule has 10 aliphatic carbocycles. The number of carbonyl (C=O) groups excluding carboxylic acids is 4. The Bertz CT molecular complexity index is 1560. The molecule has 11 fully saturated rings. The van der Waals surface area contributed by atoms with E-state index in [0.717, 1.165) is 69.1 Å². The average molecular weight is 909 g/mol. The zero-order valence-corrected chi connectivity index (χ0v) is 37.5. The molecule has 10 nitrogen and oxygen atoms in total. The molecule has 0 spiro atoms. The van der Waals surface area contributed by atoms with Gasteiger partial charge in [-0.1, -0.05) is 72.3 Å². The van der Waals surface area contributed by atoms with Crippen molar-refractivity contribution in [1.29, 1.82) is 0 Å². The van der Waals surface area contributed by atoms with Gasteiger partial charge in [-0.15, -0.1) is 0 Å². The van der Waals surface area contributed by atoms with Crippen LogP contribution in [-0.2, 0) is 38.1 Å². The molecule has 11 aliphatic rings. The van der Waals surface area contributed by atoms with E-state index in [4.69, 9.17) is 18.9 Å². The van der Waals surface area contributed by atoms with E-state index in [9.17, 15) is 29.4 Å². The maximum absolute atomic E-state index is 12.6. The van der Waals surface area contributed by atoms with Gasteiger partial charge in [0.15, 0.2) is 0 Å². The van der Waals surface area contributed by atoms with Crippen LogP contribution in [0.4, 0.5) is 0 Å². The lowest BCUT2D eigenvalue weighted by Crippen LogP contribution is -2.67. The summed E-state index contributed by atoms with van der Waals surface area (Å²) in [7, 11) is 0. The minimum Gasteiger partial charge on any atom is -0.459 e. The SMILES string of the molecule is C.C.C.C.C.C.CCC(C)(C)C(=O)OC(C)(C)C12CC3CC(CC(C3)C1)C2.CCC(C)(C)C(=O)OC12CC3CC(O)(CC(O)(C3)C1)C2.CCC(C)C(=O)OC1C2CC3C(=O)OC1C3C2. The van der Waals surface area contributed by atoms with Crippen molar-refractivity contribution >= 4 is 23.9 Å². The predicted octanol–water partition coefficient (Wildman–Crippen LogP) is 12.5. The zero-order chi connectivity index (χ0) is 42.4. The second kappa shape index (κ2) is 20.6. The summed E-state index contributed by atoms with van der Waals surface area (Å²) in [5.41, 5.74) is -3.26. The Kier molecular flexibility index (Phi) is 19.2. The summed E-state index contributed by atoms with van der Waals surface area (Å²) in [5, 5.41) is 21.3. The Hall–Kier alpha value is -2.20. The zero-order valence-electron chi connectivity index (χ0n) is 37.5. The van der Waals surface area contributed by atoms with Gasteiger partial charge in [-0.25, -0.2) is 0 Å². The molecule has 8 atom stereocenters. The number of rotatable bonds is 10. The van der Waals surface area contributed by atoms with Crippen LogP contribution in [-0.4, -0.2) is 68.7 Å². The molecular formula is C54H100O10. The molecule has 1 heterocycles. The third kappa shape index (κ3) is 11.0. The van der Waals surface area contributed by atoms with E-state index in [0.29, 0.717) is 31.1 Å². The fourth-order valence-electron chi connectivity index (χ4n) is 13.8. The molecule has 64 heavy (non-hydrogen) atoms. The minimum absolute atomic E-state index is 0. The van der Waals surface area contributed by atoms with Crippen LogP contribution in [0.15, 0.2) is 0 Å². The maximum Gasteiger partial charge on any atom is 0.312 e. The van der Waals surface area contributed by atoms with E-state index < -0.39 is 22.2 Å². The van der Waals surface area contributed by atoms with Crippen molar-refractivity contribution in [2.75, 3.05) is 0 Å². The van der Waals surface area contributed by atoms with Gasteiger partial charge in [0.25, 0.3) is 0 Å². The van der Waals surface area contributed by atoms with E-state index in [1.807, 2.05) is 48.5 Å². The van der Waals surface area contributed by atoms with Crippen LogP contribution in [0.25, 0.3) is 0 Å². The van der Waals surface area contributed by atoms with Crippen LogP contribution < -0.4 is 0 Å². The Balaban J connectivity index is 0.000000461. The van der Waals surface area contributed by atoms with Gasteiger partial charge >= 0.3 is 23.9 Å². The molecule has 10 heteroatoms. The van der Waals surface area contributed by atoms with Gasteiger partial charge in [-0.05, 0) is 155 Å². The predicted molar refractivity (Wildman–Crippen MR) is 258 cm³/mol. The topological polar surface area (TPSA) is 146 Å². The van der Waals surface area contributed by atoms with Crippen molar-refractivity contribution in [3.63, 3.8) is 0 Å². The van der Waals surface area contributed by atoms with E-state index >= 15 is 0 Å². The van der Waals surface area contributed by atoms with Crippen molar-refractivity contribution in [2.24, 2.45) is 63.6 Å². The highest BCUT2D eigenvalue weighted by molar-refractivity contribution is 5.78. The molecule has 0 amide bonds. The van der Waals surface area contributed by atoms with Crippen LogP contribution in [0.2, 0.25) is 0 Å². The lowest BCUT2D eigenvalue weighted by Gasteiger charge is -2.62. The third-order valence-corrected chi connectivity index (χ3v) is 17.5. The molecule has 0 aromatic heterocycles. The molecule has 0 aromatic rings. The molecule has 11 rings (SSSR count). The first-order valence-electron chi connectivity index (χ1n) is 23.2. The first-order chi connectivity index (χ1) is 26.9. The highest BCUT2D eigenvalue weighted by Gasteiger charge is 2.66. The normalized spacial score (nSPS) is 38.8. The van der Waals surface area contributed by atoms with Crippen molar-refractivity contribution in [3.05, 3.63) is 0 Å². The van der Waals surface area contributed by atoms with E-state index in [2.05, 4.69) is 20.8 Å². The molecule has 0 aromatic carbocycles. The standard InChI is InChI=1S/C19H32O2.C16H26O4.C13H18O4.6CH4/c1-6-17(2,3)16(20)21-18(4,5)19-10-13-7-14(11-19)9-15(8-13)12-19;1-4-13(2,3)12(17)20-16-7-11-5-14(18,9-16)8-15(19,6-11)10-16;1-3-6(2)12(14)16-10-7-4-8-9(5-7)13(15)17-11(8)10;;;;;;/h13-15H,6-12H2,1-5H3;11,18-19H,4-10H2,1-3H3;6-11H,3-5H2,1-2H3;6*1H4. The Morgan fingerprint density at radius 1 is 0.688 bits per heavy atom. The number of hydrogen-bond acceptors (Lipinski definition) is 10. The number of carbonyl (C=O) groups is 4. The molecule has 2 N–H and O–H groups in total. The lowest BCUT2D eigenvalue weighted by molar-refractivity contribution is -0.264. The van der Waals surface area contributed by atoms with Gasteiger partial charge < -0.3 is 29.2 Å². The largest absolute Gasteiger partial charge is 0.459 e. The highest BCUT2D eigenvalue weighted by atomic mass is 16.6. The van der Waals surface area contributed by atoms with E-state index in [1.165, 1.54) is 38.5 Å². The summed E-state index contributed by atoms with van der Waals surface area (Å²) in [5.74, 6) is 3.20. The maximum atomic E-state index is 12.6. The third-order valence-electron chi connectivity index (χ3n) is 17.5. The first kappa shape index (κ1) is 59.8. The Morgan fingerprint density at radius 3 is 1.62 bits per heavy atom. The first-order valence-corrected chi connectivity index (χ1v) is 23.2. The summed E-state index contributed by atoms with van der Waals surface area (Å²) in [6.07, 6.45) is 15.7.